The largest absolute Gasteiger partial charge is 0.508 e. The summed E-state index contributed by atoms with van der Waals surface area (Å²) < 4.78 is 0. The number of carboxylic acid groups (broad SMARTS) is 2. The van der Waals surface area contributed by atoms with Gasteiger partial charge in [0.15, 0.2) is 6.04 Å². The minimum absolute atomic E-state index is 0.0552. The molecular weight excluding hydrogens is 456 g/mol. The number of rotatable bonds is 13. The van der Waals surface area contributed by atoms with E-state index in [0.717, 1.165) is 6.92 Å². The monoisotopic (exact) mass is 484 g/mol. The van der Waals surface area contributed by atoms with Crippen molar-refractivity contribution >= 4 is 29.7 Å². The van der Waals surface area contributed by atoms with Gasteiger partial charge in [-0.2, -0.15) is 0 Å². The number of phenols is 1. The SMILES string of the molecule is CC(O)C(NC(=O)C(CC(=O)O)NC(=O)C(Cc1ccc(O)cc1)NC(=O)C(N)CO)C(=O)O. The van der Waals surface area contributed by atoms with Gasteiger partial charge in [0.1, 0.15) is 23.9 Å². The van der Waals surface area contributed by atoms with Crippen LogP contribution in [-0.2, 0) is 30.4 Å². The Hall–Kier alpha value is -3.75. The van der Waals surface area contributed by atoms with E-state index in [1.807, 2.05) is 5.32 Å². The number of carboxylic acids is 2. The number of benzene rings is 1. The molecule has 1 aromatic rings. The van der Waals surface area contributed by atoms with E-state index in [-0.39, 0.29) is 12.2 Å². The fourth-order valence-corrected chi connectivity index (χ4v) is 2.74. The van der Waals surface area contributed by atoms with Gasteiger partial charge in [-0.15, -0.1) is 0 Å². The van der Waals surface area contributed by atoms with Crippen LogP contribution in [0.2, 0.25) is 0 Å². The van der Waals surface area contributed by atoms with Gasteiger partial charge in [-0.05, 0) is 24.6 Å². The highest BCUT2D eigenvalue weighted by molar-refractivity contribution is 5.95. The van der Waals surface area contributed by atoms with Crippen molar-refractivity contribution in [3.8, 4) is 5.75 Å². The van der Waals surface area contributed by atoms with Gasteiger partial charge in [-0.1, -0.05) is 12.1 Å². The van der Waals surface area contributed by atoms with Crippen LogP contribution >= 0.6 is 0 Å². The minimum atomic E-state index is -1.77. The molecule has 0 heterocycles. The summed E-state index contributed by atoms with van der Waals surface area (Å²) in [6.07, 6.45) is -2.62. The first-order valence-electron chi connectivity index (χ1n) is 10.0. The lowest BCUT2D eigenvalue weighted by Gasteiger charge is -2.25. The van der Waals surface area contributed by atoms with Crippen molar-refractivity contribution in [1.29, 1.82) is 0 Å². The van der Waals surface area contributed by atoms with Crippen LogP contribution in [0.25, 0.3) is 0 Å². The minimum Gasteiger partial charge on any atom is -0.508 e. The Morgan fingerprint density at radius 3 is 1.91 bits per heavy atom. The fourth-order valence-electron chi connectivity index (χ4n) is 2.74. The number of carbonyl (C=O) groups is 5. The third-order valence-corrected chi connectivity index (χ3v) is 4.60. The third-order valence-electron chi connectivity index (χ3n) is 4.60. The molecule has 1 aromatic carbocycles. The molecule has 0 saturated carbocycles. The molecule has 0 bridgehead atoms. The Morgan fingerprint density at radius 2 is 1.44 bits per heavy atom. The fraction of sp³-hybridized carbons (Fsp3) is 0.450. The van der Waals surface area contributed by atoms with E-state index in [9.17, 15) is 34.2 Å². The highest BCUT2D eigenvalue weighted by atomic mass is 16.4. The van der Waals surface area contributed by atoms with Crippen LogP contribution in [0, 0.1) is 0 Å². The number of aliphatic hydroxyl groups is 2. The number of phenolic OH excluding ortho intramolecular Hbond substituents is 1. The molecule has 5 atom stereocenters. The second-order valence-electron chi connectivity index (χ2n) is 7.44. The smallest absolute Gasteiger partial charge is 0.328 e. The van der Waals surface area contributed by atoms with Gasteiger partial charge in [-0.25, -0.2) is 4.79 Å². The number of amides is 3. The van der Waals surface area contributed by atoms with Crippen LogP contribution in [0.1, 0.15) is 18.9 Å². The van der Waals surface area contributed by atoms with Crippen LogP contribution in [0.3, 0.4) is 0 Å². The molecule has 14 nitrogen and oxygen atoms in total. The lowest BCUT2D eigenvalue weighted by molar-refractivity contribution is -0.146. The predicted octanol–water partition coefficient (Wildman–Crippen LogP) is -3.35. The Balaban J connectivity index is 3.13. The summed E-state index contributed by atoms with van der Waals surface area (Å²) in [5.41, 5.74) is 5.92. The van der Waals surface area contributed by atoms with Crippen molar-refractivity contribution in [3.63, 3.8) is 0 Å². The molecule has 188 valence electrons. The molecule has 5 unspecified atom stereocenters. The molecule has 0 aromatic heterocycles. The van der Waals surface area contributed by atoms with Crippen molar-refractivity contribution < 1.29 is 49.5 Å². The molecule has 0 aliphatic carbocycles. The Kier molecular flexibility index (Phi) is 10.9. The summed E-state index contributed by atoms with van der Waals surface area (Å²) in [5.74, 6) is -6.23. The molecule has 0 fully saturated rings. The van der Waals surface area contributed by atoms with Crippen LogP contribution in [0.15, 0.2) is 24.3 Å². The maximum atomic E-state index is 12.9. The highest BCUT2D eigenvalue weighted by Gasteiger charge is 2.33. The second-order valence-corrected chi connectivity index (χ2v) is 7.44. The number of nitrogens with one attached hydrogen (secondary N) is 3. The summed E-state index contributed by atoms with van der Waals surface area (Å²) in [6.45, 7) is 0.372. The standard InChI is InChI=1S/C20H28N4O10/c1-9(26)16(20(33)34)24-19(32)14(7-15(28)29)23-18(31)13(22-17(30)12(21)8-25)6-10-2-4-11(27)5-3-10/h2-5,9,12-14,16,25-27H,6-8,21H2,1H3,(H,22,30)(H,23,31)(H,24,32)(H,28,29)(H,33,34). The van der Waals surface area contributed by atoms with Crippen LogP contribution in [-0.4, -0.2) is 92.1 Å². The van der Waals surface area contributed by atoms with E-state index in [4.69, 9.17) is 21.1 Å². The molecule has 0 aliphatic heterocycles. The maximum Gasteiger partial charge on any atom is 0.328 e. The van der Waals surface area contributed by atoms with Gasteiger partial charge in [0.25, 0.3) is 0 Å². The molecule has 10 N–H and O–H groups in total. The zero-order chi connectivity index (χ0) is 26.0. The molecule has 0 saturated heterocycles. The van der Waals surface area contributed by atoms with E-state index < -0.39 is 73.0 Å². The van der Waals surface area contributed by atoms with E-state index >= 15 is 0 Å². The van der Waals surface area contributed by atoms with Crippen LogP contribution in [0.5, 0.6) is 5.75 Å². The van der Waals surface area contributed by atoms with Gasteiger partial charge in [0, 0.05) is 6.42 Å². The molecule has 34 heavy (non-hydrogen) atoms. The number of hydrogen-bond acceptors (Lipinski definition) is 9. The zero-order valence-electron chi connectivity index (χ0n) is 18.2. The number of aliphatic carboxylic acids is 2. The Labute approximate surface area is 193 Å². The first kappa shape index (κ1) is 28.3. The quantitative estimate of drug-likeness (QED) is 0.134. The summed E-state index contributed by atoms with van der Waals surface area (Å²) in [5, 5.41) is 52.6. The van der Waals surface area contributed by atoms with Crippen molar-refractivity contribution in [2.45, 2.75) is 50.0 Å². The summed E-state index contributed by atoms with van der Waals surface area (Å²) in [4.78, 5) is 60.0. The van der Waals surface area contributed by atoms with Crippen molar-refractivity contribution in [2.75, 3.05) is 6.61 Å². The number of nitrogens with two attached hydrogens (primary N) is 1. The van der Waals surface area contributed by atoms with Gasteiger partial charge >= 0.3 is 11.9 Å². The summed E-state index contributed by atoms with van der Waals surface area (Å²) in [7, 11) is 0. The average Bonchev–Trinajstić information content (AvgIpc) is 2.76. The Morgan fingerprint density at radius 1 is 0.912 bits per heavy atom. The average molecular weight is 484 g/mol. The normalized spacial score (nSPS) is 15.2. The summed E-state index contributed by atoms with van der Waals surface area (Å²) in [6, 6.07) is -0.707. The Bertz CT molecular complexity index is 890. The molecule has 0 radical (unpaired) electrons. The van der Waals surface area contributed by atoms with Gasteiger partial charge < -0.3 is 47.2 Å². The lowest BCUT2D eigenvalue weighted by atomic mass is 10.0. The van der Waals surface area contributed by atoms with E-state index in [1.54, 1.807) is 0 Å². The lowest BCUT2D eigenvalue weighted by Crippen LogP contribution is -2.59. The van der Waals surface area contributed by atoms with E-state index in [1.165, 1.54) is 24.3 Å². The maximum absolute atomic E-state index is 12.9. The third kappa shape index (κ3) is 9.01. The molecule has 0 aliphatic rings. The number of aliphatic hydroxyl groups excluding tert-OH is 2. The second kappa shape index (κ2) is 13.1. The van der Waals surface area contributed by atoms with E-state index in [2.05, 4.69) is 10.6 Å². The van der Waals surface area contributed by atoms with Gasteiger partial charge in [-0.3, -0.25) is 19.2 Å². The first-order chi connectivity index (χ1) is 15.8. The molecule has 14 heteroatoms. The van der Waals surface area contributed by atoms with Gasteiger partial charge in [0.05, 0.1) is 19.1 Å². The summed E-state index contributed by atoms with van der Waals surface area (Å²) >= 11 is 0. The van der Waals surface area contributed by atoms with Crippen molar-refractivity contribution in [2.24, 2.45) is 5.73 Å². The molecular formula is C20H28N4O10. The van der Waals surface area contributed by atoms with E-state index in [0.29, 0.717) is 5.56 Å². The van der Waals surface area contributed by atoms with Crippen LogP contribution in [0.4, 0.5) is 0 Å². The molecule has 1 rings (SSSR count). The predicted molar refractivity (Wildman–Crippen MR) is 114 cm³/mol. The first-order valence-corrected chi connectivity index (χ1v) is 10.0. The van der Waals surface area contributed by atoms with Crippen molar-refractivity contribution in [3.05, 3.63) is 29.8 Å². The molecule has 3 amide bonds. The number of hydrogen-bond donors (Lipinski definition) is 9. The highest BCUT2D eigenvalue weighted by Crippen LogP contribution is 2.12. The zero-order valence-corrected chi connectivity index (χ0v) is 18.2. The molecule has 0 spiro atoms. The number of aromatic hydroxyl groups is 1. The van der Waals surface area contributed by atoms with Crippen molar-refractivity contribution in [1.82, 2.24) is 16.0 Å². The topological polar surface area (TPSA) is 249 Å². The van der Waals surface area contributed by atoms with Gasteiger partial charge in [0.2, 0.25) is 17.7 Å². The number of carbonyl (C=O) groups excluding carboxylic acids is 3. The van der Waals surface area contributed by atoms with Crippen LogP contribution < -0.4 is 21.7 Å².